The second kappa shape index (κ2) is 15.6. The van der Waals surface area contributed by atoms with Crippen molar-refractivity contribution in [1.29, 1.82) is 0 Å². The molecule has 0 saturated heterocycles. The molecule has 2 unspecified atom stereocenters. The normalized spacial score (nSPS) is 14.4. The summed E-state index contributed by atoms with van der Waals surface area (Å²) in [4.78, 5) is 49.3. The highest BCUT2D eigenvalue weighted by molar-refractivity contribution is 5.97. The van der Waals surface area contributed by atoms with Crippen LogP contribution in [0.5, 0.6) is 11.5 Å². The van der Waals surface area contributed by atoms with Gasteiger partial charge in [-0.2, -0.15) is 19.6 Å². The van der Waals surface area contributed by atoms with E-state index in [0.717, 1.165) is 11.1 Å². The van der Waals surface area contributed by atoms with E-state index in [1.165, 1.54) is 14.2 Å². The predicted octanol–water partition coefficient (Wildman–Crippen LogP) is 8.78. The molecule has 10 nitrogen and oxygen atoms in total. The number of Topliss-reactive ketones (excluding diaryl/α,β-unsaturated/α-hetero) is 2. The van der Waals surface area contributed by atoms with Crippen LogP contribution in [-0.4, -0.2) is 36.3 Å². The average molecular weight is 687 g/mol. The van der Waals surface area contributed by atoms with E-state index < -0.39 is 36.0 Å². The standard InChI is InChI=1S/C40H46O10/c1-37(2,3)29-13-17-31(18-14-29)39(47-43,25-35(41)27-9-21-33(45-7)22-10-27)49-50-40(48-44,32-19-15-30(16-20-32)38(4,5)6)26-36(42)28-11-23-34(46-8)24-12-28/h9-24,43-44H,25-26H2,1-8H3. The zero-order chi connectivity index (χ0) is 36.7. The SMILES string of the molecule is COc1ccc(C(=O)CC(OO)(OOC(CC(=O)c2ccc(OC)cc2)(OO)c2ccc(C(C)(C)C)cc2)c2ccc(C(C)(C)C)cc2)cc1. The average Bonchev–Trinajstić information content (AvgIpc) is 3.12. The van der Waals surface area contributed by atoms with Crippen LogP contribution in [0.25, 0.3) is 0 Å². The van der Waals surface area contributed by atoms with Crippen molar-refractivity contribution >= 4 is 11.6 Å². The first-order chi connectivity index (χ1) is 23.6. The number of methoxy groups -OCH3 is 2. The molecule has 0 radical (unpaired) electrons. The summed E-state index contributed by atoms with van der Waals surface area (Å²) >= 11 is 0. The molecule has 266 valence electrons. The van der Waals surface area contributed by atoms with Crippen molar-refractivity contribution in [2.75, 3.05) is 14.2 Å². The first-order valence-corrected chi connectivity index (χ1v) is 16.2. The van der Waals surface area contributed by atoms with E-state index in [9.17, 15) is 20.1 Å². The molecule has 0 amide bonds. The monoisotopic (exact) mass is 686 g/mol. The lowest BCUT2D eigenvalue weighted by atomic mass is 9.85. The van der Waals surface area contributed by atoms with Gasteiger partial charge in [-0.1, -0.05) is 90.1 Å². The summed E-state index contributed by atoms with van der Waals surface area (Å²) in [7, 11) is 3.03. The maximum Gasteiger partial charge on any atom is 0.266 e. The number of carbonyl (C=O) groups excluding carboxylic acids is 2. The van der Waals surface area contributed by atoms with Gasteiger partial charge < -0.3 is 9.47 Å². The van der Waals surface area contributed by atoms with Gasteiger partial charge in [0.1, 0.15) is 11.5 Å². The third-order valence-electron chi connectivity index (χ3n) is 8.60. The second-order valence-corrected chi connectivity index (χ2v) is 14.2. The molecule has 0 spiro atoms. The van der Waals surface area contributed by atoms with Gasteiger partial charge in [0.2, 0.25) is 0 Å². The molecule has 0 aliphatic heterocycles. The lowest BCUT2D eigenvalue weighted by molar-refractivity contribution is -0.582. The number of ketones is 2. The van der Waals surface area contributed by atoms with Crippen molar-refractivity contribution < 1.29 is 49.1 Å². The van der Waals surface area contributed by atoms with E-state index in [1.807, 2.05) is 65.8 Å². The number of carbonyl (C=O) groups is 2. The van der Waals surface area contributed by atoms with Crippen molar-refractivity contribution in [2.45, 2.75) is 76.8 Å². The third kappa shape index (κ3) is 8.83. The molecule has 50 heavy (non-hydrogen) atoms. The molecule has 0 aliphatic rings. The number of hydrogen-bond acceptors (Lipinski definition) is 10. The minimum absolute atomic E-state index is 0.210. The Morgan fingerprint density at radius 1 is 0.480 bits per heavy atom. The first kappa shape index (κ1) is 38.4. The van der Waals surface area contributed by atoms with E-state index in [1.54, 1.807) is 72.8 Å². The van der Waals surface area contributed by atoms with E-state index in [2.05, 4.69) is 0 Å². The quantitative estimate of drug-likeness (QED) is 0.0542. The van der Waals surface area contributed by atoms with Crippen LogP contribution in [0.2, 0.25) is 0 Å². The maximum absolute atomic E-state index is 13.7. The fourth-order valence-electron chi connectivity index (χ4n) is 5.32. The molecule has 4 rings (SSSR count). The summed E-state index contributed by atoms with van der Waals surface area (Å²) in [5.74, 6) is -4.44. The van der Waals surface area contributed by atoms with Crippen molar-refractivity contribution in [3.05, 3.63) is 130 Å². The van der Waals surface area contributed by atoms with Crippen LogP contribution in [0.3, 0.4) is 0 Å². The Morgan fingerprint density at radius 3 is 1.00 bits per heavy atom. The predicted molar refractivity (Wildman–Crippen MR) is 187 cm³/mol. The van der Waals surface area contributed by atoms with Gasteiger partial charge in [-0.25, -0.2) is 10.5 Å². The van der Waals surface area contributed by atoms with E-state index in [-0.39, 0.29) is 33.1 Å². The molecule has 4 aromatic rings. The molecule has 10 heteroatoms. The first-order valence-electron chi connectivity index (χ1n) is 16.2. The molecule has 0 bridgehead atoms. The number of ether oxygens (including phenoxy) is 2. The summed E-state index contributed by atoms with van der Waals surface area (Å²) in [5.41, 5.74) is 2.49. The van der Waals surface area contributed by atoms with Gasteiger partial charge >= 0.3 is 0 Å². The number of hydrogen-bond donors (Lipinski definition) is 2. The molecular weight excluding hydrogens is 640 g/mol. The molecule has 0 aromatic heterocycles. The summed E-state index contributed by atoms with van der Waals surface area (Å²) in [6.07, 6.45) is -1.16. The molecule has 0 aliphatic carbocycles. The Bertz CT molecular complexity index is 1590. The van der Waals surface area contributed by atoms with Crippen LogP contribution in [-0.2, 0) is 42.0 Å². The summed E-state index contributed by atoms with van der Waals surface area (Å²) < 4.78 is 10.4. The number of rotatable bonds is 15. The molecule has 0 fully saturated rings. The molecule has 4 aromatic carbocycles. The highest BCUT2D eigenvalue weighted by atomic mass is 17.3. The highest BCUT2D eigenvalue weighted by Gasteiger charge is 2.47. The van der Waals surface area contributed by atoms with Gasteiger partial charge in [-0.15, -0.1) is 0 Å². The van der Waals surface area contributed by atoms with Gasteiger partial charge in [-0.05, 0) is 70.5 Å². The van der Waals surface area contributed by atoms with E-state index in [4.69, 9.17) is 29.0 Å². The van der Waals surface area contributed by atoms with Crippen molar-refractivity contribution in [2.24, 2.45) is 0 Å². The van der Waals surface area contributed by atoms with Gasteiger partial charge in [0.05, 0.1) is 27.1 Å². The van der Waals surface area contributed by atoms with Crippen LogP contribution in [0.1, 0.15) is 97.4 Å². The van der Waals surface area contributed by atoms with Gasteiger partial charge in [-0.3, -0.25) is 9.59 Å². The van der Waals surface area contributed by atoms with Crippen LogP contribution >= 0.6 is 0 Å². The minimum Gasteiger partial charge on any atom is -0.497 e. The largest absolute Gasteiger partial charge is 0.497 e. The number of benzene rings is 4. The van der Waals surface area contributed by atoms with Crippen molar-refractivity contribution in [3.63, 3.8) is 0 Å². The third-order valence-corrected chi connectivity index (χ3v) is 8.60. The zero-order valence-electron chi connectivity index (χ0n) is 29.8. The van der Waals surface area contributed by atoms with Gasteiger partial charge in [0, 0.05) is 22.3 Å². The summed E-state index contributed by atoms with van der Waals surface area (Å²) in [6, 6.07) is 26.6. The van der Waals surface area contributed by atoms with Crippen molar-refractivity contribution in [3.8, 4) is 11.5 Å². The highest BCUT2D eigenvalue weighted by Crippen LogP contribution is 2.40. The van der Waals surface area contributed by atoms with Crippen LogP contribution < -0.4 is 9.47 Å². The van der Waals surface area contributed by atoms with Crippen LogP contribution in [0.4, 0.5) is 0 Å². The Morgan fingerprint density at radius 2 is 0.760 bits per heavy atom. The summed E-state index contributed by atoms with van der Waals surface area (Å²) in [6.45, 7) is 12.3. The molecule has 2 atom stereocenters. The van der Waals surface area contributed by atoms with Crippen molar-refractivity contribution in [1.82, 2.24) is 0 Å². The Balaban J connectivity index is 1.80. The fraction of sp³-hybridized carbons (Fsp3) is 0.350. The fourth-order valence-corrected chi connectivity index (χ4v) is 5.32. The Kier molecular flexibility index (Phi) is 12.0. The van der Waals surface area contributed by atoms with E-state index >= 15 is 0 Å². The topological polar surface area (TPSA) is 130 Å². The zero-order valence-corrected chi connectivity index (χ0v) is 29.8. The van der Waals surface area contributed by atoms with Gasteiger partial charge in [0.25, 0.3) is 11.6 Å². The van der Waals surface area contributed by atoms with Crippen LogP contribution in [0.15, 0.2) is 97.1 Å². The Hall–Kier alpha value is -4.42. The minimum atomic E-state index is -2.29. The molecular formula is C40H46O10. The Labute approximate surface area is 293 Å². The van der Waals surface area contributed by atoms with Gasteiger partial charge in [0.15, 0.2) is 11.6 Å². The maximum atomic E-state index is 13.7. The molecule has 0 heterocycles. The lowest BCUT2D eigenvalue weighted by Crippen LogP contribution is -2.42. The molecule has 0 saturated carbocycles. The lowest BCUT2D eigenvalue weighted by Gasteiger charge is -2.35. The second-order valence-electron chi connectivity index (χ2n) is 14.2. The smallest absolute Gasteiger partial charge is 0.266 e. The summed E-state index contributed by atoms with van der Waals surface area (Å²) in [5, 5.41) is 21.1. The van der Waals surface area contributed by atoms with E-state index in [0.29, 0.717) is 11.5 Å². The molecule has 2 N–H and O–H groups in total. The van der Waals surface area contributed by atoms with Crippen LogP contribution in [0, 0.1) is 0 Å².